The molecule has 0 saturated carbocycles. The lowest BCUT2D eigenvalue weighted by Crippen LogP contribution is -2.64. The number of esters is 4. The molecule has 25 nitrogen and oxygen atoms in total. The zero-order chi connectivity index (χ0) is 71.5. The first-order valence-electron chi connectivity index (χ1n) is 22.8. The molecule has 0 spiro atoms. The maximum Gasteiger partial charge on any atom is 0.512 e. The molecule has 1 N–H and O–H groups in total. The van der Waals surface area contributed by atoms with Crippen molar-refractivity contribution in [3.05, 3.63) is 59.7 Å². The predicted octanol–water partition coefficient (Wildman–Crippen LogP) is 6.15. The number of ether oxygens (including phenoxy) is 4. The van der Waals surface area contributed by atoms with Crippen LogP contribution in [0, 0.1) is 10.8 Å². The summed E-state index contributed by atoms with van der Waals surface area (Å²) in [6.07, 6.45) is 0.0638. The summed E-state index contributed by atoms with van der Waals surface area (Å²) in [6.45, 7) is 7.86. The molecule has 0 aliphatic heterocycles. The van der Waals surface area contributed by atoms with Gasteiger partial charge in [-0.05, 0) is 89.1 Å². The highest BCUT2D eigenvalue weighted by atomic mass is 32.3. The highest BCUT2D eigenvalue weighted by Crippen LogP contribution is 2.54. The van der Waals surface area contributed by atoms with Crippen LogP contribution in [0.3, 0.4) is 0 Å². The molecule has 50 heteroatoms. The molecule has 0 amide bonds. The molecule has 90 heavy (non-hydrogen) atoms. The summed E-state index contributed by atoms with van der Waals surface area (Å²) < 4.78 is 429. The summed E-state index contributed by atoms with van der Waals surface area (Å²) in [6, 6.07) is 3.56. The molecular weight excluding hydrogens is 1440 g/mol. The van der Waals surface area contributed by atoms with E-state index in [0.29, 0.717) is 49.2 Å². The number of benzene rings is 2. The summed E-state index contributed by atoms with van der Waals surface area (Å²) in [4.78, 5) is 47.7. The average Bonchev–Trinajstić information content (AvgIpc) is 0.711. The number of rotatable bonds is 29. The fourth-order valence-corrected chi connectivity index (χ4v) is 16.8. The van der Waals surface area contributed by atoms with Crippen molar-refractivity contribution < 1.29 is 184 Å². The number of sulfone groups is 3. The molecule has 1 atom stereocenters. The van der Waals surface area contributed by atoms with Crippen LogP contribution in [-0.2, 0) is 98.3 Å². The van der Waals surface area contributed by atoms with Crippen LogP contribution >= 0.6 is 0 Å². The van der Waals surface area contributed by atoms with Crippen molar-refractivity contribution in [3.8, 4) is 11.5 Å². The molecule has 2 aromatic carbocycles. The third-order valence-corrected chi connectivity index (χ3v) is 25.4. The Morgan fingerprint density at radius 1 is 0.411 bits per heavy atom. The topological polar surface area (TPSA) is 375 Å². The fourth-order valence-electron chi connectivity index (χ4n) is 5.14. The van der Waals surface area contributed by atoms with Gasteiger partial charge in [0.2, 0.25) is 0 Å². The van der Waals surface area contributed by atoms with E-state index in [9.17, 15) is 157 Å². The van der Waals surface area contributed by atoms with Gasteiger partial charge in [-0.25, -0.2) is 51.7 Å². The predicted molar refractivity (Wildman–Crippen MR) is 262 cm³/mol. The van der Waals surface area contributed by atoms with Gasteiger partial charge in [0.15, 0.2) is 9.84 Å². The van der Waals surface area contributed by atoms with Crippen LogP contribution in [0.2, 0.25) is 0 Å². The van der Waals surface area contributed by atoms with E-state index in [4.69, 9.17) is 18.9 Å². The summed E-state index contributed by atoms with van der Waals surface area (Å²) in [5.41, 5.74) is -16.4. The lowest BCUT2D eigenvalue weighted by Gasteiger charge is -2.32. The number of carbonyl (C=O) groups is 4. The van der Waals surface area contributed by atoms with Gasteiger partial charge in [0.25, 0.3) is 33.6 Å². The second-order valence-electron chi connectivity index (χ2n) is 18.5. The van der Waals surface area contributed by atoms with Crippen LogP contribution in [0.15, 0.2) is 48.5 Å². The molecule has 520 valence electrons. The number of hydrogen-bond donors (Lipinski definition) is 1. The number of halogens is 18. The van der Waals surface area contributed by atoms with Crippen LogP contribution in [0.5, 0.6) is 11.5 Å². The third kappa shape index (κ3) is 17.1. The van der Waals surface area contributed by atoms with Gasteiger partial charge in [0.05, 0.1) is 22.0 Å². The summed E-state index contributed by atoms with van der Waals surface area (Å²) >= 11 is 0. The Balaban J connectivity index is 0.000000904. The van der Waals surface area contributed by atoms with Gasteiger partial charge in [-0.2, -0.15) is 95.9 Å². The van der Waals surface area contributed by atoms with E-state index in [0.717, 1.165) is 0 Å². The maximum absolute atomic E-state index is 14.5. The highest BCUT2D eigenvalue weighted by molar-refractivity contribution is 8.24. The van der Waals surface area contributed by atoms with Gasteiger partial charge in [-0.1, -0.05) is 18.0 Å². The molecule has 0 saturated heterocycles. The largest absolute Gasteiger partial charge is 0.512 e. The smallest absolute Gasteiger partial charge is 0.462 e. The zero-order valence-corrected chi connectivity index (χ0v) is 51.1. The number of carbonyl (C=O) groups excluding carboxylic acids is 4. The Morgan fingerprint density at radius 3 is 0.967 bits per heavy atom. The minimum Gasteiger partial charge on any atom is -0.462 e. The number of sulfonamides is 2. The van der Waals surface area contributed by atoms with Gasteiger partial charge in [0, 0.05) is 6.26 Å². The third-order valence-electron chi connectivity index (χ3n) is 11.1. The number of hydrogen-bond acceptors (Lipinski definition) is 24. The molecular formula is C40H43F18NO24S7. The summed E-state index contributed by atoms with van der Waals surface area (Å²) in [5.74, 6) is -22.0. The fraction of sp³-hybridized carbons (Fsp3) is 0.600. The summed E-state index contributed by atoms with van der Waals surface area (Å²) in [5, 5.41) is -30.1. The quantitative estimate of drug-likeness (QED) is 0.0313. The zero-order valence-electron chi connectivity index (χ0n) is 45.4. The maximum atomic E-state index is 14.5. The molecule has 0 fully saturated rings. The van der Waals surface area contributed by atoms with E-state index in [1.54, 1.807) is 41.5 Å². The lowest BCUT2D eigenvalue weighted by molar-refractivity contribution is -0.245. The molecule has 0 radical (unpaired) electrons. The molecule has 0 aliphatic rings. The monoisotopic (exact) mass is 1490 g/mol. The molecule has 2 aromatic rings. The minimum absolute atomic E-state index is 0.288. The lowest BCUT2D eigenvalue weighted by atomic mass is 9.91. The summed E-state index contributed by atoms with van der Waals surface area (Å²) in [7, 11) is -53.2. The molecule has 0 heterocycles. The molecule has 1 unspecified atom stereocenters. The van der Waals surface area contributed by atoms with Crippen molar-refractivity contribution in [2.75, 3.05) is 32.7 Å². The standard InChI is InChI=1S/C21H23F9O13S4.C19H20F9NO11S3/c1-5-17(2,3)15(32)42-11-10-41-14(31)12-6-8-13(9-7-12)43-47(39,40)20(26,27)18(22,23)19(24,25)45(35,36)16(44(4,33)34)46(37,38)21(28,29)30;1-4-15(2,3)14(31)39-10-9-38-13(30)11-5-7-12(8-6-11)40-43(36,37)18(24,25)16(20,21)17(22,23)41(32,33)29-42(34,35)19(26,27)28/h6-9,16H,5,10-11H2,1-4H3;5-8,29H,4,9-10H2,1-3H3. The molecule has 2 rings (SSSR count). The van der Waals surface area contributed by atoms with Crippen molar-refractivity contribution >= 4 is 93.7 Å². The second-order valence-corrected chi connectivity index (χ2v) is 32.5. The van der Waals surface area contributed by atoms with Crippen molar-refractivity contribution in [2.45, 2.75) is 102 Å². The van der Waals surface area contributed by atoms with Gasteiger partial charge in [-0.15, -0.1) is 0 Å². The molecule has 0 aromatic heterocycles. The van der Waals surface area contributed by atoms with Crippen molar-refractivity contribution in [2.24, 2.45) is 10.8 Å². The van der Waals surface area contributed by atoms with Crippen molar-refractivity contribution in [1.82, 2.24) is 4.13 Å². The Kier molecular flexibility index (Phi) is 24.8. The van der Waals surface area contributed by atoms with Crippen molar-refractivity contribution in [3.63, 3.8) is 0 Å². The Hall–Kier alpha value is -5.73. The van der Waals surface area contributed by atoms with Gasteiger partial charge in [0.1, 0.15) is 37.9 Å². The van der Waals surface area contributed by atoms with Crippen LogP contribution in [0.25, 0.3) is 0 Å². The van der Waals surface area contributed by atoms with Crippen molar-refractivity contribution in [1.29, 1.82) is 0 Å². The van der Waals surface area contributed by atoms with Gasteiger partial charge in [-0.3, -0.25) is 9.59 Å². The average molecular weight is 1490 g/mol. The van der Waals surface area contributed by atoms with Crippen LogP contribution < -0.4 is 12.5 Å². The van der Waals surface area contributed by atoms with Crippen LogP contribution in [0.1, 0.15) is 75.1 Å². The van der Waals surface area contributed by atoms with Crippen LogP contribution in [-0.4, -0.2) is 163 Å². The van der Waals surface area contributed by atoms with E-state index in [1.165, 1.54) is 0 Å². The van der Waals surface area contributed by atoms with E-state index in [2.05, 4.69) is 8.37 Å². The Morgan fingerprint density at radius 2 is 0.700 bits per heavy atom. The minimum atomic E-state index is -8.47. The Labute approximate surface area is 497 Å². The first kappa shape index (κ1) is 82.3. The van der Waals surface area contributed by atoms with Gasteiger partial charge >= 0.3 is 98.0 Å². The number of alkyl halides is 18. The molecule has 0 aliphatic carbocycles. The van der Waals surface area contributed by atoms with E-state index < -0.39 is 212 Å². The molecule has 0 bridgehead atoms. The first-order chi connectivity index (χ1) is 39.7. The second kappa shape index (κ2) is 27.1. The Bertz CT molecular complexity index is 3810. The van der Waals surface area contributed by atoms with E-state index in [-0.39, 0.29) is 12.1 Å². The SMILES string of the molecule is CCC(C)(C)C(=O)OCCOC(=O)c1ccc(OS(=O)(=O)C(F)(F)C(F)(F)C(F)(F)S(=O)(=O)C(S(C)(=O)=O)S(=O)(=O)C(F)(F)F)cc1.CCC(C)(C)C(=O)OCCOC(=O)c1ccc(OS(=O)(=O)C(F)(F)C(F)(F)C(F)(F)S(=O)(=O)NS(=O)(=O)C(F)(F)F)cc1. The van der Waals surface area contributed by atoms with Gasteiger partial charge < -0.3 is 27.3 Å². The van der Waals surface area contributed by atoms with Crippen LogP contribution in [0.4, 0.5) is 79.0 Å². The van der Waals surface area contributed by atoms with E-state index in [1.807, 2.05) is 0 Å². The highest BCUT2D eigenvalue weighted by Gasteiger charge is 2.86. The number of nitrogens with one attached hydrogen (secondary N) is 1. The normalized spacial score (nSPS) is 14.7. The van der Waals surface area contributed by atoms with E-state index >= 15 is 0 Å². The first-order valence-corrected chi connectivity index (χ1v) is 33.6.